The molecular weight excluding hydrogens is 341 g/mol. The highest BCUT2D eigenvalue weighted by Gasteiger charge is 2.34. The summed E-state index contributed by atoms with van der Waals surface area (Å²) < 4.78 is 19.3. The van der Waals surface area contributed by atoms with Gasteiger partial charge < -0.3 is 15.0 Å². The Balaban J connectivity index is 1.39. The lowest BCUT2D eigenvalue weighted by Gasteiger charge is -2.37. The maximum absolute atomic E-state index is 13.3. The first-order chi connectivity index (χ1) is 12.1. The van der Waals surface area contributed by atoms with Crippen molar-refractivity contribution < 1.29 is 13.9 Å². The number of amides is 1. The molecule has 3 aromatic rings. The van der Waals surface area contributed by atoms with Gasteiger partial charge >= 0.3 is 0 Å². The first kappa shape index (κ1) is 15.8. The van der Waals surface area contributed by atoms with Gasteiger partial charge in [0, 0.05) is 24.8 Å². The van der Waals surface area contributed by atoms with E-state index in [0.29, 0.717) is 18.8 Å². The minimum absolute atomic E-state index is 0.0170. The first-order valence-electron chi connectivity index (χ1n) is 7.88. The molecule has 2 heterocycles. The number of fused-ring (bicyclic) bond motifs is 1. The summed E-state index contributed by atoms with van der Waals surface area (Å²) in [7, 11) is 1.59. The quantitative estimate of drug-likeness (QED) is 0.776. The molecule has 1 aromatic heterocycles. The number of carbonyl (C=O) groups is 1. The fourth-order valence-electron chi connectivity index (χ4n) is 2.77. The number of nitrogens with one attached hydrogen (secondary N) is 1. The van der Waals surface area contributed by atoms with Gasteiger partial charge in [0.15, 0.2) is 5.13 Å². The number of nitrogens with zero attached hydrogens (tertiary/aromatic N) is 2. The van der Waals surface area contributed by atoms with Crippen molar-refractivity contribution in [1.82, 2.24) is 4.98 Å². The molecule has 1 fully saturated rings. The van der Waals surface area contributed by atoms with Gasteiger partial charge in [0.05, 0.1) is 23.2 Å². The van der Waals surface area contributed by atoms with Gasteiger partial charge in [0.2, 0.25) is 5.91 Å². The Hall–Kier alpha value is -2.67. The molecule has 1 N–H and O–H groups in total. The van der Waals surface area contributed by atoms with Gasteiger partial charge in [0.1, 0.15) is 11.6 Å². The average molecular weight is 357 g/mol. The van der Waals surface area contributed by atoms with E-state index in [0.717, 1.165) is 21.0 Å². The summed E-state index contributed by atoms with van der Waals surface area (Å²) >= 11 is 1.44. The number of anilines is 2. The molecule has 7 heteroatoms. The van der Waals surface area contributed by atoms with E-state index in [9.17, 15) is 9.18 Å². The predicted molar refractivity (Wildman–Crippen MR) is 96.9 cm³/mol. The van der Waals surface area contributed by atoms with Gasteiger partial charge in [-0.3, -0.25) is 4.79 Å². The minimum atomic E-state index is -0.262. The predicted octanol–water partition coefficient (Wildman–Crippen LogP) is 3.52. The maximum atomic E-state index is 13.3. The Kier molecular flexibility index (Phi) is 4.01. The molecule has 0 atom stereocenters. The van der Waals surface area contributed by atoms with Crippen molar-refractivity contribution in [2.75, 3.05) is 30.4 Å². The van der Waals surface area contributed by atoms with Gasteiger partial charge in [-0.2, -0.15) is 0 Å². The zero-order valence-electron chi connectivity index (χ0n) is 13.5. The third-order valence-electron chi connectivity index (χ3n) is 4.20. The van der Waals surface area contributed by atoms with Gasteiger partial charge in [-0.1, -0.05) is 17.4 Å². The smallest absolute Gasteiger partial charge is 0.231 e. The SMILES string of the molecule is COc1cccc(NC(=O)C2CN(c3nc4ccc(F)cc4s3)C2)c1. The summed E-state index contributed by atoms with van der Waals surface area (Å²) in [5.74, 6) is 0.336. The number of aromatic nitrogens is 1. The zero-order valence-corrected chi connectivity index (χ0v) is 14.3. The van der Waals surface area contributed by atoms with Crippen LogP contribution in [0.5, 0.6) is 5.75 Å². The monoisotopic (exact) mass is 357 g/mol. The minimum Gasteiger partial charge on any atom is -0.497 e. The van der Waals surface area contributed by atoms with Crippen LogP contribution < -0.4 is 15.0 Å². The molecule has 2 aromatic carbocycles. The Morgan fingerprint density at radius 2 is 2.16 bits per heavy atom. The first-order valence-corrected chi connectivity index (χ1v) is 8.70. The standard InChI is InChI=1S/C18H16FN3O2S/c1-24-14-4-2-3-13(8-14)20-17(23)11-9-22(10-11)18-21-15-6-5-12(19)7-16(15)25-18/h2-8,11H,9-10H2,1H3,(H,20,23). The molecule has 0 bridgehead atoms. The molecule has 1 aliphatic rings. The maximum Gasteiger partial charge on any atom is 0.231 e. The van der Waals surface area contributed by atoms with Crippen LogP contribution in [0.4, 0.5) is 15.2 Å². The second-order valence-corrected chi connectivity index (χ2v) is 6.94. The Bertz CT molecular complexity index is 937. The van der Waals surface area contributed by atoms with E-state index in [2.05, 4.69) is 10.3 Å². The van der Waals surface area contributed by atoms with Crippen molar-refractivity contribution in [1.29, 1.82) is 0 Å². The summed E-state index contributed by atoms with van der Waals surface area (Å²) in [4.78, 5) is 18.9. The van der Waals surface area contributed by atoms with Crippen molar-refractivity contribution in [3.63, 3.8) is 0 Å². The third kappa shape index (κ3) is 3.15. The Morgan fingerprint density at radius 1 is 1.32 bits per heavy atom. The number of methoxy groups -OCH3 is 1. The number of halogens is 1. The van der Waals surface area contributed by atoms with Crippen molar-refractivity contribution in [2.45, 2.75) is 0 Å². The van der Waals surface area contributed by atoms with E-state index < -0.39 is 0 Å². The van der Waals surface area contributed by atoms with Gasteiger partial charge in [-0.25, -0.2) is 9.37 Å². The molecule has 0 unspecified atom stereocenters. The van der Waals surface area contributed by atoms with Crippen molar-refractivity contribution in [2.24, 2.45) is 5.92 Å². The molecule has 25 heavy (non-hydrogen) atoms. The molecule has 1 amide bonds. The highest BCUT2D eigenvalue weighted by Crippen LogP contribution is 2.33. The van der Waals surface area contributed by atoms with Crippen molar-refractivity contribution >= 4 is 38.3 Å². The van der Waals surface area contributed by atoms with Crippen LogP contribution in [0.3, 0.4) is 0 Å². The molecule has 0 radical (unpaired) electrons. The molecule has 1 aliphatic heterocycles. The largest absolute Gasteiger partial charge is 0.497 e. The normalized spacial score (nSPS) is 14.4. The lowest BCUT2D eigenvalue weighted by molar-refractivity contribution is -0.120. The number of thiazole rings is 1. The number of rotatable bonds is 4. The number of hydrogen-bond acceptors (Lipinski definition) is 5. The van der Waals surface area contributed by atoms with Gasteiger partial charge in [-0.05, 0) is 30.3 Å². The molecule has 4 rings (SSSR count). The van der Waals surface area contributed by atoms with E-state index in [1.165, 1.54) is 23.5 Å². The molecular formula is C18H16FN3O2S. The van der Waals surface area contributed by atoms with Gasteiger partial charge in [-0.15, -0.1) is 0 Å². The van der Waals surface area contributed by atoms with Crippen LogP contribution in [0.25, 0.3) is 10.2 Å². The van der Waals surface area contributed by atoms with E-state index in [1.54, 1.807) is 19.2 Å². The molecule has 1 saturated heterocycles. The molecule has 5 nitrogen and oxygen atoms in total. The number of ether oxygens (including phenoxy) is 1. The lowest BCUT2D eigenvalue weighted by atomic mass is 10.00. The van der Waals surface area contributed by atoms with Crippen LogP contribution >= 0.6 is 11.3 Å². The van der Waals surface area contributed by atoms with Crippen molar-refractivity contribution in [3.05, 3.63) is 48.3 Å². The molecule has 0 spiro atoms. The number of carbonyl (C=O) groups excluding carboxylic acids is 1. The fraction of sp³-hybridized carbons (Fsp3) is 0.222. The van der Waals surface area contributed by atoms with E-state index in [-0.39, 0.29) is 17.6 Å². The van der Waals surface area contributed by atoms with E-state index >= 15 is 0 Å². The van der Waals surface area contributed by atoms with Crippen LogP contribution in [-0.2, 0) is 4.79 Å². The topological polar surface area (TPSA) is 54.5 Å². The number of benzene rings is 2. The van der Waals surface area contributed by atoms with Crippen LogP contribution in [0.15, 0.2) is 42.5 Å². The number of hydrogen-bond donors (Lipinski definition) is 1. The second kappa shape index (κ2) is 6.33. The van der Waals surface area contributed by atoms with Crippen LogP contribution in [0.2, 0.25) is 0 Å². The highest BCUT2D eigenvalue weighted by atomic mass is 32.1. The molecule has 0 saturated carbocycles. The summed E-state index contributed by atoms with van der Waals surface area (Å²) in [6.07, 6.45) is 0. The average Bonchev–Trinajstić information content (AvgIpc) is 2.96. The Morgan fingerprint density at radius 3 is 2.96 bits per heavy atom. The Labute approximate surface area is 148 Å². The summed E-state index contributed by atoms with van der Waals surface area (Å²) in [6.45, 7) is 1.22. The van der Waals surface area contributed by atoms with E-state index in [4.69, 9.17) is 4.74 Å². The third-order valence-corrected chi connectivity index (χ3v) is 5.28. The summed E-state index contributed by atoms with van der Waals surface area (Å²) in [5.41, 5.74) is 1.50. The van der Waals surface area contributed by atoms with E-state index in [1.807, 2.05) is 23.1 Å². The fourth-order valence-corrected chi connectivity index (χ4v) is 3.78. The zero-order chi connectivity index (χ0) is 17.4. The van der Waals surface area contributed by atoms with Gasteiger partial charge in [0.25, 0.3) is 0 Å². The van der Waals surface area contributed by atoms with Crippen LogP contribution in [0, 0.1) is 11.7 Å². The van der Waals surface area contributed by atoms with Crippen molar-refractivity contribution in [3.8, 4) is 5.75 Å². The highest BCUT2D eigenvalue weighted by molar-refractivity contribution is 7.22. The second-order valence-electron chi connectivity index (χ2n) is 5.93. The molecule has 0 aliphatic carbocycles. The van der Waals surface area contributed by atoms with Crippen LogP contribution in [-0.4, -0.2) is 31.1 Å². The summed E-state index contributed by atoms with van der Waals surface area (Å²) in [5, 5.41) is 3.74. The lowest BCUT2D eigenvalue weighted by Crippen LogP contribution is -2.52. The van der Waals surface area contributed by atoms with Crippen LogP contribution in [0.1, 0.15) is 0 Å². The summed E-state index contributed by atoms with van der Waals surface area (Å²) in [6, 6.07) is 11.9. The molecule has 128 valence electrons.